The molecule has 0 unspecified atom stereocenters. The summed E-state index contributed by atoms with van der Waals surface area (Å²) in [6.45, 7) is 0. The third-order valence-electron chi connectivity index (χ3n) is 4.48. The van der Waals surface area contributed by atoms with Gasteiger partial charge in [-0.15, -0.1) is 0 Å². The van der Waals surface area contributed by atoms with E-state index in [0.717, 1.165) is 4.31 Å². The van der Waals surface area contributed by atoms with Gasteiger partial charge in [0.25, 0.3) is 15.7 Å². The molecule has 0 heterocycles. The van der Waals surface area contributed by atoms with Crippen LogP contribution in [0.2, 0.25) is 5.02 Å². The Balaban J connectivity index is 1.68. The number of nitro benzene ring substituents is 1. The van der Waals surface area contributed by atoms with Crippen molar-refractivity contribution in [2.24, 2.45) is 0 Å². The number of amides is 1. The number of hydrogen-bond acceptors (Lipinski definition) is 5. The Kier molecular flexibility index (Phi) is 6.57. The number of rotatable bonds is 7. The molecule has 0 aliphatic carbocycles. The first-order chi connectivity index (χ1) is 14.7. The van der Waals surface area contributed by atoms with E-state index < -0.39 is 14.9 Å². The quantitative estimate of drug-likeness (QED) is 0.419. The standard InChI is InChI=1S/C21H18ClN3O5S/c1-24(31(29,30)20-11-7-16(22)8-12-20)18-9-5-15(6-10-18)13-21(26)23-17-3-2-4-19(14-17)25(27)28/h2-12,14H,13H2,1H3,(H,23,26). The van der Waals surface area contributed by atoms with Crippen LogP contribution in [0, 0.1) is 10.1 Å². The highest BCUT2D eigenvalue weighted by Gasteiger charge is 2.21. The van der Waals surface area contributed by atoms with Crippen molar-refractivity contribution in [2.45, 2.75) is 11.3 Å². The monoisotopic (exact) mass is 459 g/mol. The summed E-state index contributed by atoms with van der Waals surface area (Å²) in [6, 6.07) is 18.0. The van der Waals surface area contributed by atoms with E-state index in [1.54, 1.807) is 30.3 Å². The summed E-state index contributed by atoms with van der Waals surface area (Å²) in [5.41, 5.74) is 1.29. The van der Waals surface area contributed by atoms with E-state index in [-0.39, 0.29) is 22.9 Å². The van der Waals surface area contributed by atoms with Crippen LogP contribution in [-0.2, 0) is 21.2 Å². The van der Waals surface area contributed by atoms with Gasteiger partial charge in [-0.25, -0.2) is 8.42 Å². The molecule has 0 spiro atoms. The first-order valence-electron chi connectivity index (χ1n) is 9.04. The van der Waals surface area contributed by atoms with E-state index in [0.29, 0.717) is 22.0 Å². The number of anilines is 2. The lowest BCUT2D eigenvalue weighted by Gasteiger charge is -2.20. The molecule has 0 atom stereocenters. The van der Waals surface area contributed by atoms with Crippen molar-refractivity contribution in [1.82, 2.24) is 0 Å². The molecule has 0 aliphatic heterocycles. The molecule has 10 heteroatoms. The Morgan fingerprint density at radius 1 is 1.06 bits per heavy atom. The van der Waals surface area contributed by atoms with E-state index in [1.807, 2.05) is 0 Å². The minimum absolute atomic E-state index is 0.0244. The van der Waals surface area contributed by atoms with Crippen LogP contribution in [0.1, 0.15) is 5.56 Å². The van der Waals surface area contributed by atoms with E-state index in [2.05, 4.69) is 5.32 Å². The van der Waals surface area contributed by atoms with Gasteiger partial charge in [0.2, 0.25) is 5.91 Å². The number of nitro groups is 1. The molecule has 3 aromatic rings. The van der Waals surface area contributed by atoms with E-state index >= 15 is 0 Å². The number of benzene rings is 3. The van der Waals surface area contributed by atoms with Gasteiger partial charge in [-0.05, 0) is 48.0 Å². The minimum Gasteiger partial charge on any atom is -0.326 e. The van der Waals surface area contributed by atoms with Gasteiger partial charge in [-0.1, -0.05) is 29.8 Å². The van der Waals surface area contributed by atoms with Gasteiger partial charge < -0.3 is 5.32 Å². The minimum atomic E-state index is -3.76. The fourth-order valence-corrected chi connectivity index (χ4v) is 4.14. The molecule has 0 bridgehead atoms. The largest absolute Gasteiger partial charge is 0.326 e. The number of halogens is 1. The SMILES string of the molecule is CN(c1ccc(CC(=O)Nc2cccc([N+](=O)[O-])c2)cc1)S(=O)(=O)c1ccc(Cl)cc1. The van der Waals surface area contributed by atoms with E-state index in [4.69, 9.17) is 11.6 Å². The molecule has 0 aromatic heterocycles. The zero-order chi connectivity index (χ0) is 22.6. The lowest BCUT2D eigenvalue weighted by molar-refractivity contribution is -0.384. The number of nitrogens with one attached hydrogen (secondary N) is 1. The lowest BCUT2D eigenvalue weighted by Crippen LogP contribution is -2.26. The Labute approximate surface area is 184 Å². The Morgan fingerprint density at radius 2 is 1.71 bits per heavy atom. The number of non-ortho nitro benzene ring substituents is 1. The van der Waals surface area contributed by atoms with Crippen molar-refractivity contribution in [2.75, 3.05) is 16.7 Å². The molecule has 1 N–H and O–H groups in total. The third kappa shape index (κ3) is 5.39. The molecule has 3 aromatic carbocycles. The van der Waals surface area contributed by atoms with Crippen LogP contribution < -0.4 is 9.62 Å². The second kappa shape index (κ2) is 9.15. The van der Waals surface area contributed by atoms with Gasteiger partial charge in [0.15, 0.2) is 0 Å². The van der Waals surface area contributed by atoms with Crippen LogP contribution in [0.5, 0.6) is 0 Å². The number of hydrogen-bond donors (Lipinski definition) is 1. The second-order valence-corrected chi connectivity index (χ2v) is 9.03. The van der Waals surface area contributed by atoms with Gasteiger partial charge in [0.1, 0.15) is 0 Å². The third-order valence-corrected chi connectivity index (χ3v) is 6.53. The highest BCUT2D eigenvalue weighted by molar-refractivity contribution is 7.92. The van der Waals surface area contributed by atoms with E-state index in [1.165, 1.54) is 49.5 Å². The molecule has 0 aliphatic rings. The molecule has 0 saturated heterocycles. The van der Waals surface area contributed by atoms with Gasteiger partial charge in [0, 0.05) is 29.9 Å². The Bertz CT molecular complexity index is 1210. The maximum absolute atomic E-state index is 12.8. The molecule has 1 amide bonds. The highest BCUT2D eigenvalue weighted by Crippen LogP contribution is 2.24. The molecule has 3 rings (SSSR count). The fourth-order valence-electron chi connectivity index (χ4n) is 2.81. The summed E-state index contributed by atoms with van der Waals surface area (Å²) >= 11 is 5.82. The van der Waals surface area contributed by atoms with Crippen molar-refractivity contribution in [3.8, 4) is 0 Å². The smallest absolute Gasteiger partial charge is 0.271 e. The zero-order valence-corrected chi connectivity index (χ0v) is 17.9. The van der Waals surface area contributed by atoms with Crippen molar-refractivity contribution < 1.29 is 18.1 Å². The number of carbonyl (C=O) groups is 1. The lowest BCUT2D eigenvalue weighted by atomic mass is 10.1. The molecule has 160 valence electrons. The maximum atomic E-state index is 12.8. The molecular formula is C21H18ClN3O5S. The van der Waals surface area contributed by atoms with Gasteiger partial charge in [-0.2, -0.15) is 0 Å². The number of carbonyl (C=O) groups excluding carboxylic acids is 1. The number of sulfonamides is 1. The normalized spacial score (nSPS) is 11.0. The predicted octanol–water partition coefficient (Wildman–Crippen LogP) is 4.25. The van der Waals surface area contributed by atoms with Crippen molar-refractivity contribution in [3.63, 3.8) is 0 Å². The highest BCUT2D eigenvalue weighted by atomic mass is 35.5. The topological polar surface area (TPSA) is 110 Å². The maximum Gasteiger partial charge on any atom is 0.271 e. The number of nitrogens with zero attached hydrogens (tertiary/aromatic N) is 2. The van der Waals surface area contributed by atoms with E-state index in [9.17, 15) is 23.3 Å². The summed E-state index contributed by atoms with van der Waals surface area (Å²) in [5.74, 6) is -0.351. The summed E-state index contributed by atoms with van der Waals surface area (Å²) in [6.07, 6.45) is 0.0244. The molecule has 31 heavy (non-hydrogen) atoms. The van der Waals surface area contributed by atoms with Crippen molar-refractivity contribution in [3.05, 3.63) is 93.5 Å². The summed E-state index contributed by atoms with van der Waals surface area (Å²) in [5, 5.41) is 13.9. The summed E-state index contributed by atoms with van der Waals surface area (Å²) in [4.78, 5) is 22.7. The summed E-state index contributed by atoms with van der Waals surface area (Å²) < 4.78 is 26.7. The average Bonchev–Trinajstić information content (AvgIpc) is 2.74. The van der Waals surface area contributed by atoms with Crippen molar-refractivity contribution >= 4 is 44.6 Å². The van der Waals surface area contributed by atoms with Crippen LogP contribution in [0.4, 0.5) is 17.1 Å². The molecule has 0 saturated carbocycles. The molecule has 0 radical (unpaired) electrons. The fraction of sp³-hybridized carbons (Fsp3) is 0.0952. The van der Waals surface area contributed by atoms with Gasteiger partial charge in [-0.3, -0.25) is 19.2 Å². The van der Waals surface area contributed by atoms with Gasteiger partial charge >= 0.3 is 0 Å². The van der Waals surface area contributed by atoms with Crippen LogP contribution in [0.15, 0.2) is 77.7 Å². The van der Waals surface area contributed by atoms with Crippen LogP contribution in [0.25, 0.3) is 0 Å². The van der Waals surface area contributed by atoms with Crippen molar-refractivity contribution in [1.29, 1.82) is 0 Å². The first kappa shape index (κ1) is 22.3. The zero-order valence-electron chi connectivity index (χ0n) is 16.4. The Hall–Kier alpha value is -3.43. The molecular weight excluding hydrogens is 442 g/mol. The average molecular weight is 460 g/mol. The molecule has 8 nitrogen and oxygen atoms in total. The predicted molar refractivity (Wildman–Crippen MR) is 119 cm³/mol. The van der Waals surface area contributed by atoms with Crippen LogP contribution in [-0.4, -0.2) is 26.3 Å². The Morgan fingerprint density at radius 3 is 2.32 bits per heavy atom. The first-order valence-corrected chi connectivity index (χ1v) is 10.9. The van der Waals surface area contributed by atoms with Crippen LogP contribution >= 0.6 is 11.6 Å². The van der Waals surface area contributed by atoms with Gasteiger partial charge in [0.05, 0.1) is 21.9 Å². The van der Waals surface area contributed by atoms with Crippen LogP contribution in [0.3, 0.4) is 0 Å². The second-order valence-electron chi connectivity index (χ2n) is 6.63. The molecule has 0 fully saturated rings. The summed E-state index contributed by atoms with van der Waals surface area (Å²) in [7, 11) is -2.32.